The van der Waals surface area contributed by atoms with Crippen LogP contribution in [0.3, 0.4) is 0 Å². The van der Waals surface area contributed by atoms with E-state index >= 15 is 0 Å². The molecule has 1 atom stereocenters. The first-order valence-corrected chi connectivity index (χ1v) is 7.09. The second kappa shape index (κ2) is 6.97. The Bertz CT molecular complexity index is 573. The number of hydrogen-bond acceptors (Lipinski definition) is 3. The van der Waals surface area contributed by atoms with Gasteiger partial charge < -0.3 is 10.1 Å². The van der Waals surface area contributed by atoms with E-state index in [1.807, 2.05) is 17.8 Å². The molecule has 0 amide bonds. The van der Waals surface area contributed by atoms with Crippen LogP contribution >= 0.6 is 15.9 Å². The molecule has 108 valence electrons. The van der Waals surface area contributed by atoms with Crippen LogP contribution in [0.5, 0.6) is 0 Å². The van der Waals surface area contributed by atoms with Gasteiger partial charge in [0.25, 0.3) is 0 Å². The molecular weight excluding hydrogens is 325 g/mol. The van der Waals surface area contributed by atoms with E-state index in [0.29, 0.717) is 13.2 Å². The van der Waals surface area contributed by atoms with Crippen molar-refractivity contribution in [3.63, 3.8) is 0 Å². The summed E-state index contributed by atoms with van der Waals surface area (Å²) in [6.45, 7) is 1.21. The Kier molecular flexibility index (Phi) is 5.28. The molecule has 1 N–H and O–H groups in total. The molecule has 0 aliphatic rings. The second-order valence-corrected chi connectivity index (χ2v) is 5.22. The van der Waals surface area contributed by atoms with E-state index in [9.17, 15) is 4.39 Å². The largest absolute Gasteiger partial charge is 0.383 e. The molecular formula is C14H17BrFN3O. The van der Waals surface area contributed by atoms with Crippen LogP contribution in [0, 0.1) is 5.82 Å². The lowest BCUT2D eigenvalue weighted by molar-refractivity contribution is 0.182. The monoisotopic (exact) mass is 341 g/mol. The summed E-state index contributed by atoms with van der Waals surface area (Å²) in [5.74, 6) is -0.248. The summed E-state index contributed by atoms with van der Waals surface area (Å²) in [6, 6.07) is 6.43. The third-order valence-corrected chi connectivity index (χ3v) is 3.70. The third kappa shape index (κ3) is 3.26. The van der Waals surface area contributed by atoms with Crippen molar-refractivity contribution in [1.29, 1.82) is 0 Å². The zero-order valence-corrected chi connectivity index (χ0v) is 13.0. The van der Waals surface area contributed by atoms with Crippen molar-refractivity contribution in [3.8, 4) is 0 Å². The van der Waals surface area contributed by atoms with Gasteiger partial charge in [-0.1, -0.05) is 12.1 Å². The number of aromatic nitrogens is 2. The average molecular weight is 342 g/mol. The minimum atomic E-state index is -0.248. The normalized spacial score (nSPS) is 12.6. The van der Waals surface area contributed by atoms with Gasteiger partial charge in [0.05, 0.1) is 35.6 Å². The van der Waals surface area contributed by atoms with Crippen LogP contribution in [-0.4, -0.2) is 30.5 Å². The molecule has 0 saturated heterocycles. The smallest absolute Gasteiger partial charge is 0.123 e. The fourth-order valence-corrected chi connectivity index (χ4v) is 2.69. The molecule has 0 bridgehead atoms. The predicted octanol–water partition coefficient (Wildman–Crippen LogP) is 2.74. The summed E-state index contributed by atoms with van der Waals surface area (Å²) in [4.78, 5) is 0. The summed E-state index contributed by atoms with van der Waals surface area (Å²) in [5.41, 5.74) is 1.81. The molecule has 6 heteroatoms. The number of rotatable bonds is 6. The summed E-state index contributed by atoms with van der Waals surface area (Å²) < 4.78 is 21.3. The van der Waals surface area contributed by atoms with Gasteiger partial charge in [0, 0.05) is 7.11 Å². The zero-order valence-electron chi connectivity index (χ0n) is 11.4. The van der Waals surface area contributed by atoms with Gasteiger partial charge in [0.2, 0.25) is 0 Å². The minimum absolute atomic E-state index is 0.139. The van der Waals surface area contributed by atoms with Crippen molar-refractivity contribution in [2.75, 3.05) is 20.8 Å². The van der Waals surface area contributed by atoms with E-state index < -0.39 is 0 Å². The van der Waals surface area contributed by atoms with Gasteiger partial charge >= 0.3 is 0 Å². The molecule has 2 aromatic rings. The van der Waals surface area contributed by atoms with E-state index in [-0.39, 0.29) is 11.9 Å². The van der Waals surface area contributed by atoms with Crippen LogP contribution in [-0.2, 0) is 11.3 Å². The molecule has 1 aromatic heterocycles. The number of nitrogens with one attached hydrogen (secondary N) is 1. The molecule has 0 aliphatic carbocycles. The lowest BCUT2D eigenvalue weighted by atomic mass is 10.0. The predicted molar refractivity (Wildman–Crippen MR) is 79.1 cm³/mol. The van der Waals surface area contributed by atoms with E-state index in [4.69, 9.17) is 4.74 Å². The van der Waals surface area contributed by atoms with Gasteiger partial charge in [-0.3, -0.25) is 4.68 Å². The van der Waals surface area contributed by atoms with Crippen LogP contribution in [0.1, 0.15) is 17.3 Å². The maximum Gasteiger partial charge on any atom is 0.123 e. The van der Waals surface area contributed by atoms with Crippen molar-refractivity contribution >= 4 is 15.9 Å². The van der Waals surface area contributed by atoms with Gasteiger partial charge in [-0.25, -0.2) is 4.39 Å². The zero-order chi connectivity index (χ0) is 14.5. The molecule has 1 heterocycles. The van der Waals surface area contributed by atoms with E-state index in [1.54, 1.807) is 19.4 Å². The number of benzene rings is 1. The molecule has 0 radical (unpaired) electrons. The Labute approximate surface area is 126 Å². The van der Waals surface area contributed by atoms with Crippen molar-refractivity contribution in [2.45, 2.75) is 12.6 Å². The van der Waals surface area contributed by atoms with Gasteiger partial charge in [0.15, 0.2) is 0 Å². The summed E-state index contributed by atoms with van der Waals surface area (Å²) in [6.07, 6.45) is 1.74. The Morgan fingerprint density at radius 2 is 2.30 bits per heavy atom. The first-order valence-electron chi connectivity index (χ1n) is 6.30. The summed E-state index contributed by atoms with van der Waals surface area (Å²) in [7, 11) is 3.50. The number of hydrogen-bond donors (Lipinski definition) is 1. The standard InChI is InChI=1S/C14H17BrFN3O/c1-17-13(10-4-3-5-11(16)8-10)14-12(15)9-18-19(14)6-7-20-2/h3-5,8-9,13,17H,6-7H2,1-2H3. The van der Waals surface area contributed by atoms with Gasteiger partial charge in [0.1, 0.15) is 5.82 Å². The SMILES string of the molecule is CNC(c1cccc(F)c1)c1c(Br)cnn1CCOC. The molecule has 1 unspecified atom stereocenters. The Balaban J connectivity index is 2.38. The quantitative estimate of drug-likeness (QED) is 0.877. The van der Waals surface area contributed by atoms with E-state index in [2.05, 4.69) is 26.3 Å². The second-order valence-electron chi connectivity index (χ2n) is 4.37. The molecule has 0 aliphatic heterocycles. The van der Waals surface area contributed by atoms with Gasteiger partial charge in [-0.05, 0) is 40.7 Å². The minimum Gasteiger partial charge on any atom is -0.383 e. The van der Waals surface area contributed by atoms with Crippen LogP contribution in [0.15, 0.2) is 34.9 Å². The van der Waals surface area contributed by atoms with Crippen molar-refractivity contribution in [1.82, 2.24) is 15.1 Å². The lowest BCUT2D eigenvalue weighted by Crippen LogP contribution is -2.23. The maximum atomic E-state index is 13.4. The molecule has 0 fully saturated rings. The highest BCUT2D eigenvalue weighted by atomic mass is 79.9. The Morgan fingerprint density at radius 3 is 2.95 bits per heavy atom. The van der Waals surface area contributed by atoms with Gasteiger partial charge in [-0.15, -0.1) is 0 Å². The van der Waals surface area contributed by atoms with Crippen LogP contribution in [0.4, 0.5) is 4.39 Å². The van der Waals surface area contributed by atoms with Crippen LogP contribution < -0.4 is 5.32 Å². The molecule has 4 nitrogen and oxygen atoms in total. The summed E-state index contributed by atoms with van der Waals surface area (Å²) >= 11 is 3.51. The third-order valence-electron chi connectivity index (χ3n) is 3.08. The van der Waals surface area contributed by atoms with Crippen molar-refractivity contribution in [3.05, 3.63) is 52.0 Å². The molecule has 1 aromatic carbocycles. The average Bonchev–Trinajstić information content (AvgIpc) is 2.79. The topological polar surface area (TPSA) is 39.1 Å². The lowest BCUT2D eigenvalue weighted by Gasteiger charge is -2.19. The molecule has 20 heavy (non-hydrogen) atoms. The van der Waals surface area contributed by atoms with Crippen molar-refractivity contribution in [2.24, 2.45) is 0 Å². The fraction of sp³-hybridized carbons (Fsp3) is 0.357. The first-order chi connectivity index (χ1) is 9.67. The summed E-state index contributed by atoms with van der Waals surface area (Å²) in [5, 5.41) is 7.53. The molecule has 0 saturated carbocycles. The fourth-order valence-electron chi connectivity index (χ4n) is 2.16. The van der Waals surface area contributed by atoms with Gasteiger partial charge in [-0.2, -0.15) is 5.10 Å². The highest BCUT2D eigenvalue weighted by Gasteiger charge is 2.20. The highest BCUT2D eigenvalue weighted by molar-refractivity contribution is 9.10. The van der Waals surface area contributed by atoms with Crippen LogP contribution in [0.25, 0.3) is 0 Å². The first kappa shape index (κ1) is 15.2. The van der Waals surface area contributed by atoms with E-state index in [1.165, 1.54) is 12.1 Å². The number of ether oxygens (including phenoxy) is 1. The number of methoxy groups -OCH3 is 1. The van der Waals surface area contributed by atoms with Crippen LogP contribution in [0.2, 0.25) is 0 Å². The molecule has 2 rings (SSSR count). The highest BCUT2D eigenvalue weighted by Crippen LogP contribution is 2.28. The Morgan fingerprint density at radius 1 is 1.50 bits per heavy atom. The van der Waals surface area contributed by atoms with E-state index in [0.717, 1.165) is 15.7 Å². The number of halogens is 2. The Hall–Kier alpha value is -1.24. The molecule has 0 spiro atoms. The number of nitrogens with zero attached hydrogens (tertiary/aromatic N) is 2. The maximum absolute atomic E-state index is 13.4. The van der Waals surface area contributed by atoms with Crippen molar-refractivity contribution < 1.29 is 9.13 Å².